The first-order valence-electron chi connectivity index (χ1n) is 8.91. The zero-order chi connectivity index (χ0) is 20.4. The molecule has 0 fully saturated rings. The van der Waals surface area contributed by atoms with Crippen molar-refractivity contribution in [2.75, 3.05) is 0 Å². The molecule has 0 saturated heterocycles. The summed E-state index contributed by atoms with van der Waals surface area (Å²) in [6.45, 7) is 1.85. The van der Waals surface area contributed by atoms with Crippen LogP contribution in [0, 0.1) is 18.3 Å². The van der Waals surface area contributed by atoms with E-state index < -0.39 is 0 Å². The monoisotopic (exact) mass is 420 g/mol. The van der Waals surface area contributed by atoms with Crippen LogP contribution in [0.2, 0.25) is 5.02 Å². The summed E-state index contributed by atoms with van der Waals surface area (Å²) in [6.07, 6.45) is 0. The first kappa shape index (κ1) is 19.2. The summed E-state index contributed by atoms with van der Waals surface area (Å²) in [6, 6.07) is 19.6. The largest absolute Gasteiger partial charge is 0.305 e. The van der Waals surface area contributed by atoms with Crippen LogP contribution in [-0.2, 0) is 12.8 Å². The molecule has 29 heavy (non-hydrogen) atoms. The average molecular weight is 421 g/mol. The van der Waals surface area contributed by atoms with Crippen molar-refractivity contribution in [2.45, 2.75) is 17.8 Å². The van der Waals surface area contributed by atoms with Crippen molar-refractivity contribution in [1.29, 1.82) is 5.26 Å². The molecule has 4 rings (SSSR count). The van der Waals surface area contributed by atoms with E-state index in [1.54, 1.807) is 0 Å². The minimum Gasteiger partial charge on any atom is -0.305 e. The summed E-state index contributed by atoms with van der Waals surface area (Å²) in [5, 5.41) is 24.2. The molecule has 0 atom stereocenters. The zero-order valence-electron chi connectivity index (χ0n) is 15.9. The number of thioether (sulfide) groups is 1. The summed E-state index contributed by atoms with van der Waals surface area (Å²) in [4.78, 5) is 0. The Labute approximate surface area is 177 Å². The quantitative estimate of drug-likeness (QED) is 0.434. The smallest absolute Gasteiger partial charge is 0.191 e. The molecule has 0 unspecified atom stereocenters. The molecule has 0 aliphatic rings. The number of rotatable bonds is 5. The van der Waals surface area contributed by atoms with Crippen molar-refractivity contribution < 1.29 is 0 Å². The second-order valence-electron chi connectivity index (χ2n) is 6.40. The summed E-state index contributed by atoms with van der Waals surface area (Å²) in [5.74, 6) is 1.24. The Hall–Kier alpha value is -3.08. The van der Waals surface area contributed by atoms with Crippen LogP contribution in [0.5, 0.6) is 0 Å². The van der Waals surface area contributed by atoms with Crippen molar-refractivity contribution in [3.8, 4) is 23.1 Å². The lowest BCUT2D eigenvalue weighted by atomic mass is 10.2. The lowest BCUT2D eigenvalue weighted by molar-refractivity contribution is 0.790. The van der Waals surface area contributed by atoms with Gasteiger partial charge in [0.05, 0.1) is 27.7 Å². The molecule has 6 nitrogen and oxygen atoms in total. The van der Waals surface area contributed by atoms with Gasteiger partial charge in [0, 0.05) is 18.4 Å². The number of para-hydroxylation sites is 1. The van der Waals surface area contributed by atoms with Gasteiger partial charge in [-0.25, -0.2) is 4.68 Å². The molecule has 2 aromatic carbocycles. The number of hydrogen-bond donors (Lipinski definition) is 0. The summed E-state index contributed by atoms with van der Waals surface area (Å²) in [5.41, 5.74) is 3.89. The molecule has 0 N–H and O–H groups in total. The molecule has 2 aromatic heterocycles. The van der Waals surface area contributed by atoms with Gasteiger partial charge in [-0.2, -0.15) is 10.4 Å². The van der Waals surface area contributed by atoms with Crippen LogP contribution in [0.25, 0.3) is 17.1 Å². The Morgan fingerprint density at radius 1 is 1.07 bits per heavy atom. The molecule has 4 aromatic rings. The second-order valence-corrected chi connectivity index (χ2v) is 7.75. The maximum Gasteiger partial charge on any atom is 0.191 e. The Kier molecular flexibility index (Phi) is 5.38. The van der Waals surface area contributed by atoms with Gasteiger partial charge < -0.3 is 4.57 Å². The number of halogens is 1. The van der Waals surface area contributed by atoms with Gasteiger partial charge in [-0.3, -0.25) is 0 Å². The van der Waals surface area contributed by atoms with E-state index in [-0.39, 0.29) is 0 Å². The average Bonchev–Trinajstić information content (AvgIpc) is 3.26. The lowest BCUT2D eigenvalue weighted by Gasteiger charge is -2.08. The first-order chi connectivity index (χ1) is 14.1. The highest BCUT2D eigenvalue weighted by molar-refractivity contribution is 7.98. The van der Waals surface area contributed by atoms with Crippen LogP contribution in [0.15, 0.2) is 59.8 Å². The zero-order valence-corrected chi connectivity index (χ0v) is 17.4. The SMILES string of the molecule is Cc1nn(-c2ccccc2)c(CSc2nnc(-c3ccccc3Cl)n2C)c1C#N. The minimum atomic E-state index is 0.535. The number of aromatic nitrogens is 5. The molecule has 0 spiro atoms. The normalized spacial score (nSPS) is 10.8. The fourth-order valence-electron chi connectivity index (χ4n) is 3.09. The lowest BCUT2D eigenvalue weighted by Crippen LogP contribution is -2.03. The summed E-state index contributed by atoms with van der Waals surface area (Å²) in [7, 11) is 1.91. The Balaban J connectivity index is 1.66. The highest BCUT2D eigenvalue weighted by Gasteiger charge is 2.19. The molecule has 144 valence electrons. The van der Waals surface area contributed by atoms with E-state index in [0.717, 1.165) is 22.1 Å². The van der Waals surface area contributed by atoms with Crippen LogP contribution in [-0.4, -0.2) is 24.5 Å². The van der Waals surface area contributed by atoms with Crippen molar-refractivity contribution in [1.82, 2.24) is 24.5 Å². The molecule has 0 amide bonds. The third-order valence-electron chi connectivity index (χ3n) is 4.56. The third kappa shape index (κ3) is 3.65. The van der Waals surface area contributed by atoms with Crippen LogP contribution >= 0.6 is 23.4 Å². The van der Waals surface area contributed by atoms with Gasteiger partial charge in [-0.1, -0.05) is 53.7 Å². The van der Waals surface area contributed by atoms with E-state index in [1.807, 2.05) is 77.8 Å². The van der Waals surface area contributed by atoms with Crippen LogP contribution in [0.4, 0.5) is 0 Å². The second kappa shape index (κ2) is 8.11. The van der Waals surface area contributed by atoms with E-state index in [1.165, 1.54) is 11.8 Å². The molecule has 0 aliphatic carbocycles. The van der Waals surface area contributed by atoms with Crippen molar-refractivity contribution in [3.63, 3.8) is 0 Å². The summed E-state index contributed by atoms with van der Waals surface area (Å²) >= 11 is 7.82. The Bertz CT molecular complexity index is 1210. The van der Waals surface area contributed by atoms with E-state index in [0.29, 0.717) is 27.9 Å². The highest BCUT2D eigenvalue weighted by atomic mass is 35.5. The van der Waals surface area contributed by atoms with Gasteiger partial charge in [-0.15, -0.1) is 10.2 Å². The van der Waals surface area contributed by atoms with Crippen molar-refractivity contribution in [3.05, 3.63) is 76.6 Å². The molecule has 0 aliphatic heterocycles. The molecule has 8 heteroatoms. The molecular weight excluding hydrogens is 404 g/mol. The maximum atomic E-state index is 9.63. The molecule has 0 bridgehead atoms. The number of aryl methyl sites for hydroxylation is 1. The van der Waals surface area contributed by atoms with Crippen LogP contribution in [0.1, 0.15) is 17.0 Å². The number of hydrogen-bond acceptors (Lipinski definition) is 5. The van der Waals surface area contributed by atoms with E-state index >= 15 is 0 Å². The van der Waals surface area contributed by atoms with E-state index in [4.69, 9.17) is 11.6 Å². The fourth-order valence-corrected chi connectivity index (χ4v) is 4.22. The van der Waals surface area contributed by atoms with Crippen LogP contribution < -0.4 is 0 Å². The van der Waals surface area contributed by atoms with Gasteiger partial charge in [0.1, 0.15) is 6.07 Å². The number of nitriles is 1. The van der Waals surface area contributed by atoms with Crippen molar-refractivity contribution >= 4 is 23.4 Å². The maximum absolute atomic E-state index is 9.63. The molecule has 2 heterocycles. The predicted molar refractivity (Wildman–Crippen MR) is 114 cm³/mol. The molecule has 0 saturated carbocycles. The number of nitrogens with zero attached hydrogens (tertiary/aromatic N) is 6. The fraction of sp³-hybridized carbons (Fsp3) is 0.143. The minimum absolute atomic E-state index is 0.535. The summed E-state index contributed by atoms with van der Waals surface area (Å²) < 4.78 is 3.74. The Morgan fingerprint density at radius 3 is 2.52 bits per heavy atom. The highest BCUT2D eigenvalue weighted by Crippen LogP contribution is 2.30. The van der Waals surface area contributed by atoms with Gasteiger partial charge >= 0.3 is 0 Å². The molecular formula is C21H17ClN6S. The topological polar surface area (TPSA) is 72.3 Å². The Morgan fingerprint density at radius 2 is 1.79 bits per heavy atom. The van der Waals surface area contributed by atoms with Gasteiger partial charge in [0.25, 0.3) is 0 Å². The molecule has 0 radical (unpaired) electrons. The van der Waals surface area contributed by atoms with Crippen molar-refractivity contribution in [2.24, 2.45) is 7.05 Å². The van der Waals surface area contributed by atoms with Gasteiger partial charge in [0.15, 0.2) is 11.0 Å². The van der Waals surface area contributed by atoms with E-state index in [9.17, 15) is 5.26 Å². The van der Waals surface area contributed by atoms with Gasteiger partial charge in [-0.05, 0) is 31.2 Å². The third-order valence-corrected chi connectivity index (χ3v) is 5.92. The van der Waals surface area contributed by atoms with E-state index in [2.05, 4.69) is 21.4 Å². The van der Waals surface area contributed by atoms with Crippen LogP contribution in [0.3, 0.4) is 0 Å². The first-order valence-corrected chi connectivity index (χ1v) is 10.3. The van der Waals surface area contributed by atoms with Gasteiger partial charge in [0.2, 0.25) is 0 Å². The standard InChI is InChI=1S/C21H17ClN6S/c1-14-17(12-23)19(28(26-14)15-8-4-3-5-9-15)13-29-21-25-24-20(27(21)2)16-10-6-7-11-18(16)22/h3-11H,13H2,1-2H3. The number of benzene rings is 2. The predicted octanol–water partition coefficient (Wildman–Crippen LogP) is 4.79.